The van der Waals surface area contributed by atoms with Crippen LogP contribution in [-0.2, 0) is 10.2 Å². The molecule has 2 rings (SSSR count). The first-order chi connectivity index (χ1) is 9.53. The second kappa shape index (κ2) is 6.76. The van der Waals surface area contributed by atoms with Crippen molar-refractivity contribution in [2.45, 2.75) is 25.3 Å². The van der Waals surface area contributed by atoms with Crippen molar-refractivity contribution in [3.63, 3.8) is 0 Å². The van der Waals surface area contributed by atoms with E-state index in [2.05, 4.69) is 10.0 Å². The van der Waals surface area contributed by atoms with E-state index in [1.807, 2.05) is 7.05 Å². The molecule has 1 fully saturated rings. The molecule has 0 saturated carbocycles. The van der Waals surface area contributed by atoms with Crippen LogP contribution in [0.2, 0.25) is 5.02 Å². The van der Waals surface area contributed by atoms with Crippen molar-refractivity contribution < 1.29 is 8.42 Å². The molecule has 7 heteroatoms. The summed E-state index contributed by atoms with van der Waals surface area (Å²) in [5.74, 6) is 0. The Morgan fingerprint density at radius 1 is 1.30 bits per heavy atom. The van der Waals surface area contributed by atoms with Crippen LogP contribution in [0, 0.1) is 0 Å². The number of anilines is 1. The largest absolute Gasteiger partial charge is 0.318 e. The van der Waals surface area contributed by atoms with Crippen molar-refractivity contribution in [3.8, 4) is 0 Å². The van der Waals surface area contributed by atoms with E-state index in [9.17, 15) is 8.42 Å². The first kappa shape index (κ1) is 15.6. The molecule has 0 radical (unpaired) electrons. The van der Waals surface area contributed by atoms with Crippen LogP contribution in [0.15, 0.2) is 24.3 Å². The molecular weight excluding hydrogens is 298 g/mol. The SMILES string of the molecule is CNCC1CCCCN1S(=O)(=O)Nc1ccc(Cl)cc1. The summed E-state index contributed by atoms with van der Waals surface area (Å²) >= 11 is 5.80. The number of halogens is 1. The smallest absolute Gasteiger partial charge is 0.301 e. The van der Waals surface area contributed by atoms with Gasteiger partial charge in [0.2, 0.25) is 0 Å². The maximum Gasteiger partial charge on any atom is 0.301 e. The normalized spacial score (nSPS) is 20.8. The van der Waals surface area contributed by atoms with E-state index in [4.69, 9.17) is 11.6 Å². The van der Waals surface area contributed by atoms with Crippen LogP contribution in [0.3, 0.4) is 0 Å². The van der Waals surface area contributed by atoms with Gasteiger partial charge in [-0.1, -0.05) is 18.0 Å². The molecule has 1 heterocycles. The predicted molar refractivity (Wildman–Crippen MR) is 82.3 cm³/mol. The molecule has 1 unspecified atom stereocenters. The summed E-state index contributed by atoms with van der Waals surface area (Å²) < 4.78 is 29.1. The topological polar surface area (TPSA) is 61.4 Å². The predicted octanol–water partition coefficient (Wildman–Crippen LogP) is 2.07. The highest BCUT2D eigenvalue weighted by molar-refractivity contribution is 7.90. The summed E-state index contributed by atoms with van der Waals surface area (Å²) in [6, 6.07) is 6.67. The van der Waals surface area contributed by atoms with Crippen LogP contribution in [0.5, 0.6) is 0 Å². The number of rotatable bonds is 5. The van der Waals surface area contributed by atoms with Gasteiger partial charge in [0, 0.05) is 29.8 Å². The lowest BCUT2D eigenvalue weighted by Crippen LogP contribution is -2.49. The fraction of sp³-hybridized carbons (Fsp3) is 0.538. The van der Waals surface area contributed by atoms with Crippen LogP contribution >= 0.6 is 11.6 Å². The van der Waals surface area contributed by atoms with Crippen molar-refractivity contribution in [1.82, 2.24) is 9.62 Å². The third-order valence-corrected chi connectivity index (χ3v) is 5.26. The zero-order valence-corrected chi connectivity index (χ0v) is 13.0. The van der Waals surface area contributed by atoms with Gasteiger partial charge in [0.25, 0.3) is 0 Å². The molecule has 1 aliphatic rings. The lowest BCUT2D eigenvalue weighted by atomic mass is 10.1. The third-order valence-electron chi connectivity index (χ3n) is 3.41. The van der Waals surface area contributed by atoms with Crippen molar-refractivity contribution in [2.24, 2.45) is 0 Å². The standard InChI is InChI=1S/C13H20ClN3O2S/c1-15-10-13-4-2-3-9-17(13)20(18,19)16-12-7-5-11(14)6-8-12/h5-8,13,15-16H,2-4,9-10H2,1H3. The second-order valence-electron chi connectivity index (χ2n) is 4.93. The van der Waals surface area contributed by atoms with E-state index in [0.29, 0.717) is 23.8 Å². The van der Waals surface area contributed by atoms with Gasteiger partial charge in [0.05, 0.1) is 0 Å². The van der Waals surface area contributed by atoms with Gasteiger partial charge in [-0.05, 0) is 44.2 Å². The highest BCUT2D eigenvalue weighted by Gasteiger charge is 2.31. The van der Waals surface area contributed by atoms with Crippen molar-refractivity contribution in [3.05, 3.63) is 29.3 Å². The van der Waals surface area contributed by atoms with Crippen LogP contribution in [0.4, 0.5) is 5.69 Å². The molecule has 1 aromatic carbocycles. The summed E-state index contributed by atoms with van der Waals surface area (Å²) in [5.41, 5.74) is 0.531. The lowest BCUT2D eigenvalue weighted by Gasteiger charge is -2.34. The molecule has 0 aromatic heterocycles. The zero-order valence-electron chi connectivity index (χ0n) is 11.5. The number of hydrogen-bond acceptors (Lipinski definition) is 3. The van der Waals surface area contributed by atoms with Crippen LogP contribution in [-0.4, -0.2) is 38.9 Å². The molecule has 1 saturated heterocycles. The first-order valence-corrected chi connectivity index (χ1v) is 8.54. The Balaban J connectivity index is 2.13. The number of nitrogens with one attached hydrogen (secondary N) is 2. The average molecular weight is 318 g/mol. The molecule has 1 aliphatic heterocycles. The molecule has 0 bridgehead atoms. The Morgan fingerprint density at radius 2 is 2.00 bits per heavy atom. The minimum absolute atomic E-state index is 0.0125. The van der Waals surface area contributed by atoms with Gasteiger partial charge in [-0.3, -0.25) is 4.72 Å². The summed E-state index contributed by atoms with van der Waals surface area (Å²) in [6.45, 7) is 1.23. The Labute approximate surface area is 125 Å². The van der Waals surface area contributed by atoms with Crippen molar-refractivity contribution in [2.75, 3.05) is 24.9 Å². The number of benzene rings is 1. The Bertz CT molecular complexity index is 531. The molecule has 5 nitrogen and oxygen atoms in total. The van der Waals surface area contributed by atoms with Gasteiger partial charge in [-0.2, -0.15) is 12.7 Å². The van der Waals surface area contributed by atoms with Gasteiger partial charge >= 0.3 is 10.2 Å². The van der Waals surface area contributed by atoms with Crippen LogP contribution in [0.25, 0.3) is 0 Å². The molecule has 20 heavy (non-hydrogen) atoms. The van der Waals surface area contributed by atoms with E-state index < -0.39 is 10.2 Å². The van der Waals surface area contributed by atoms with Gasteiger partial charge in [-0.15, -0.1) is 0 Å². The van der Waals surface area contributed by atoms with Crippen LogP contribution < -0.4 is 10.0 Å². The Hall–Kier alpha value is -0.820. The van der Waals surface area contributed by atoms with E-state index in [-0.39, 0.29) is 6.04 Å². The monoisotopic (exact) mass is 317 g/mol. The average Bonchev–Trinajstić information content (AvgIpc) is 2.42. The minimum atomic E-state index is -3.52. The van der Waals surface area contributed by atoms with E-state index in [1.165, 1.54) is 0 Å². The zero-order chi connectivity index (χ0) is 14.6. The highest BCUT2D eigenvalue weighted by Crippen LogP contribution is 2.22. The second-order valence-corrected chi connectivity index (χ2v) is 6.99. The van der Waals surface area contributed by atoms with Crippen molar-refractivity contribution >= 4 is 27.5 Å². The fourth-order valence-corrected chi connectivity index (χ4v) is 4.07. The maximum atomic E-state index is 12.5. The first-order valence-electron chi connectivity index (χ1n) is 6.72. The van der Waals surface area contributed by atoms with Crippen LogP contribution in [0.1, 0.15) is 19.3 Å². The molecular formula is C13H20ClN3O2S. The third kappa shape index (κ3) is 3.85. The number of likely N-dealkylation sites (N-methyl/N-ethyl adjacent to an activating group) is 1. The van der Waals surface area contributed by atoms with E-state index in [0.717, 1.165) is 19.3 Å². The summed E-state index contributed by atoms with van der Waals surface area (Å²) in [6.07, 6.45) is 2.86. The van der Waals surface area contributed by atoms with Gasteiger partial charge in [0.15, 0.2) is 0 Å². The van der Waals surface area contributed by atoms with Crippen molar-refractivity contribution in [1.29, 1.82) is 0 Å². The summed E-state index contributed by atoms with van der Waals surface area (Å²) in [4.78, 5) is 0. The van der Waals surface area contributed by atoms with Gasteiger partial charge in [-0.25, -0.2) is 0 Å². The molecule has 0 aliphatic carbocycles. The fourth-order valence-electron chi connectivity index (χ4n) is 2.46. The molecule has 1 atom stereocenters. The van der Waals surface area contributed by atoms with E-state index in [1.54, 1.807) is 28.6 Å². The number of nitrogens with zero attached hydrogens (tertiary/aromatic N) is 1. The number of hydrogen-bond donors (Lipinski definition) is 2. The molecule has 0 amide bonds. The lowest BCUT2D eigenvalue weighted by molar-refractivity contribution is 0.250. The molecule has 1 aromatic rings. The Morgan fingerprint density at radius 3 is 2.65 bits per heavy atom. The molecule has 0 spiro atoms. The quantitative estimate of drug-likeness (QED) is 0.874. The summed E-state index contributed by atoms with van der Waals surface area (Å²) in [7, 11) is -1.68. The number of piperidine rings is 1. The van der Waals surface area contributed by atoms with Gasteiger partial charge in [0.1, 0.15) is 0 Å². The Kier molecular flexibility index (Phi) is 5.26. The maximum absolute atomic E-state index is 12.5. The van der Waals surface area contributed by atoms with E-state index >= 15 is 0 Å². The van der Waals surface area contributed by atoms with Gasteiger partial charge < -0.3 is 5.32 Å². The summed E-state index contributed by atoms with van der Waals surface area (Å²) in [5, 5.41) is 3.64. The highest BCUT2D eigenvalue weighted by atomic mass is 35.5. The molecule has 2 N–H and O–H groups in total. The molecule has 112 valence electrons. The minimum Gasteiger partial charge on any atom is -0.318 e.